The number of nitro benzene ring substituents is 1. The standard InChI is InChI=1S/C23H12Cl2F3IN2O4/c1-34-21-8-12(6-13(11-30)16-4-3-15(24)10-17(16)25)7-18(29)22(21)35-20-5-2-14(23(26,27)28)9-19(20)31(32)33/h2-10H,1H3/b13-6+. The van der Waals surface area contributed by atoms with E-state index in [4.69, 9.17) is 32.7 Å². The molecule has 3 aromatic rings. The van der Waals surface area contributed by atoms with Crippen molar-refractivity contribution >= 4 is 63.1 Å². The highest BCUT2D eigenvalue weighted by atomic mass is 127. The highest BCUT2D eigenvalue weighted by Crippen LogP contribution is 2.42. The van der Waals surface area contributed by atoms with Crippen LogP contribution in [0.4, 0.5) is 18.9 Å². The number of ether oxygens (including phenoxy) is 2. The van der Waals surface area contributed by atoms with Gasteiger partial charge in [-0.3, -0.25) is 10.1 Å². The van der Waals surface area contributed by atoms with Gasteiger partial charge in [0, 0.05) is 16.7 Å². The molecule has 0 heterocycles. The van der Waals surface area contributed by atoms with E-state index in [1.807, 2.05) is 22.6 Å². The van der Waals surface area contributed by atoms with E-state index < -0.39 is 28.1 Å². The molecule has 3 aromatic carbocycles. The number of nitro groups is 1. The first-order valence-electron chi connectivity index (χ1n) is 9.42. The molecule has 0 aromatic heterocycles. The second-order valence-corrected chi connectivity index (χ2v) is 8.87. The second kappa shape index (κ2) is 10.7. The quantitative estimate of drug-likeness (QED) is 0.0894. The molecule has 0 amide bonds. The molecule has 0 radical (unpaired) electrons. The third-order valence-electron chi connectivity index (χ3n) is 4.60. The number of hydrogen-bond donors (Lipinski definition) is 0. The van der Waals surface area contributed by atoms with Crippen molar-refractivity contribution in [3.63, 3.8) is 0 Å². The molecule has 0 spiro atoms. The summed E-state index contributed by atoms with van der Waals surface area (Å²) >= 11 is 14.0. The summed E-state index contributed by atoms with van der Waals surface area (Å²) in [6.07, 6.45) is -3.21. The lowest BCUT2D eigenvalue weighted by Crippen LogP contribution is -2.06. The van der Waals surface area contributed by atoms with Crippen molar-refractivity contribution in [3.8, 4) is 23.3 Å². The summed E-state index contributed by atoms with van der Waals surface area (Å²) < 4.78 is 50.4. The molecule has 180 valence electrons. The van der Waals surface area contributed by atoms with E-state index in [0.717, 1.165) is 6.07 Å². The number of alkyl halides is 3. The van der Waals surface area contributed by atoms with Gasteiger partial charge in [-0.2, -0.15) is 18.4 Å². The zero-order valence-electron chi connectivity index (χ0n) is 17.5. The number of methoxy groups -OCH3 is 1. The number of nitrogens with zero attached hydrogens (tertiary/aromatic N) is 2. The molecule has 3 rings (SSSR count). The summed E-state index contributed by atoms with van der Waals surface area (Å²) in [4.78, 5) is 10.4. The Kier molecular flexibility index (Phi) is 8.15. The van der Waals surface area contributed by atoms with Crippen molar-refractivity contribution in [3.05, 3.63) is 89.0 Å². The first-order valence-corrected chi connectivity index (χ1v) is 11.3. The van der Waals surface area contributed by atoms with Gasteiger partial charge in [-0.1, -0.05) is 29.3 Å². The number of benzene rings is 3. The Morgan fingerprint density at radius 3 is 2.43 bits per heavy atom. The fourth-order valence-electron chi connectivity index (χ4n) is 3.00. The molecule has 12 heteroatoms. The van der Waals surface area contributed by atoms with Crippen LogP contribution in [0.5, 0.6) is 17.2 Å². The van der Waals surface area contributed by atoms with Crippen LogP contribution in [-0.2, 0) is 6.18 Å². The highest BCUT2D eigenvalue weighted by molar-refractivity contribution is 14.1. The Hall–Kier alpha value is -3.01. The number of allylic oxidation sites excluding steroid dienone is 1. The lowest BCUT2D eigenvalue weighted by Gasteiger charge is -2.14. The average Bonchev–Trinajstić information content (AvgIpc) is 2.78. The maximum Gasteiger partial charge on any atom is 0.416 e. The third kappa shape index (κ3) is 6.17. The fourth-order valence-corrected chi connectivity index (χ4v) is 4.25. The van der Waals surface area contributed by atoms with Crippen LogP contribution in [0.1, 0.15) is 16.7 Å². The van der Waals surface area contributed by atoms with Crippen LogP contribution in [0.25, 0.3) is 11.6 Å². The molecular formula is C23H12Cl2F3IN2O4. The zero-order chi connectivity index (χ0) is 25.9. The van der Waals surface area contributed by atoms with Gasteiger partial charge in [0.15, 0.2) is 11.5 Å². The van der Waals surface area contributed by atoms with Crippen molar-refractivity contribution in [1.82, 2.24) is 0 Å². The van der Waals surface area contributed by atoms with Gasteiger partial charge in [0.1, 0.15) is 0 Å². The van der Waals surface area contributed by atoms with Crippen LogP contribution < -0.4 is 9.47 Å². The molecule has 0 aliphatic heterocycles. The predicted molar refractivity (Wildman–Crippen MR) is 134 cm³/mol. The normalized spacial score (nSPS) is 11.7. The molecule has 0 saturated carbocycles. The first-order chi connectivity index (χ1) is 16.4. The molecule has 0 atom stereocenters. The van der Waals surface area contributed by atoms with Crippen LogP contribution in [0, 0.1) is 25.0 Å². The van der Waals surface area contributed by atoms with E-state index in [0.29, 0.717) is 31.9 Å². The van der Waals surface area contributed by atoms with Gasteiger partial charge in [-0.05, 0) is 70.6 Å². The third-order valence-corrected chi connectivity index (χ3v) is 5.95. The lowest BCUT2D eigenvalue weighted by molar-refractivity contribution is -0.385. The molecule has 0 saturated heterocycles. The van der Waals surface area contributed by atoms with Crippen LogP contribution >= 0.6 is 45.8 Å². The Labute approximate surface area is 220 Å². The minimum absolute atomic E-state index is 0.0520. The Bertz CT molecular complexity index is 1390. The van der Waals surface area contributed by atoms with Crippen molar-refractivity contribution < 1.29 is 27.6 Å². The largest absolute Gasteiger partial charge is 0.493 e. The topological polar surface area (TPSA) is 85.4 Å². The molecular weight excluding hydrogens is 623 g/mol. The smallest absolute Gasteiger partial charge is 0.416 e. The summed E-state index contributed by atoms with van der Waals surface area (Å²) in [5.41, 5.74) is -0.831. The highest BCUT2D eigenvalue weighted by Gasteiger charge is 2.33. The van der Waals surface area contributed by atoms with Crippen LogP contribution in [0.2, 0.25) is 10.0 Å². The second-order valence-electron chi connectivity index (χ2n) is 6.87. The van der Waals surface area contributed by atoms with Gasteiger partial charge < -0.3 is 9.47 Å². The Balaban J connectivity index is 2.05. The van der Waals surface area contributed by atoms with Crippen molar-refractivity contribution in [1.29, 1.82) is 5.26 Å². The molecule has 0 fully saturated rings. The van der Waals surface area contributed by atoms with Crippen LogP contribution in [-0.4, -0.2) is 12.0 Å². The molecule has 0 unspecified atom stereocenters. The van der Waals surface area contributed by atoms with E-state index in [9.17, 15) is 28.5 Å². The van der Waals surface area contributed by atoms with Crippen molar-refractivity contribution in [2.45, 2.75) is 6.18 Å². The number of halogens is 6. The van der Waals surface area contributed by atoms with Crippen LogP contribution in [0.3, 0.4) is 0 Å². The number of hydrogen-bond acceptors (Lipinski definition) is 5. The Morgan fingerprint density at radius 1 is 1.14 bits per heavy atom. The number of nitriles is 1. The summed E-state index contributed by atoms with van der Waals surface area (Å²) in [5.74, 6) is -0.207. The minimum Gasteiger partial charge on any atom is -0.493 e. The van der Waals surface area contributed by atoms with E-state index in [1.165, 1.54) is 19.2 Å². The molecule has 0 aliphatic carbocycles. The minimum atomic E-state index is -4.76. The van der Waals surface area contributed by atoms with Crippen molar-refractivity contribution in [2.24, 2.45) is 0 Å². The average molecular weight is 635 g/mol. The summed E-state index contributed by atoms with van der Waals surface area (Å²) in [5, 5.41) is 21.7. The summed E-state index contributed by atoms with van der Waals surface area (Å²) in [6.45, 7) is 0. The first kappa shape index (κ1) is 26.6. The molecule has 35 heavy (non-hydrogen) atoms. The monoisotopic (exact) mass is 634 g/mol. The van der Waals surface area contributed by atoms with Crippen molar-refractivity contribution in [2.75, 3.05) is 7.11 Å². The molecule has 0 bridgehead atoms. The maximum atomic E-state index is 13.0. The van der Waals surface area contributed by atoms with E-state index in [2.05, 4.69) is 6.07 Å². The summed E-state index contributed by atoms with van der Waals surface area (Å²) in [7, 11) is 1.33. The van der Waals surface area contributed by atoms with Gasteiger partial charge in [-0.25, -0.2) is 0 Å². The van der Waals surface area contributed by atoms with Gasteiger partial charge in [-0.15, -0.1) is 0 Å². The van der Waals surface area contributed by atoms with E-state index in [-0.39, 0.29) is 22.1 Å². The Morgan fingerprint density at radius 2 is 1.86 bits per heavy atom. The fraction of sp³-hybridized carbons (Fsp3) is 0.0870. The lowest BCUT2D eigenvalue weighted by atomic mass is 10.0. The SMILES string of the molecule is COc1cc(/C=C(\C#N)c2ccc(Cl)cc2Cl)cc(I)c1Oc1ccc(C(F)(F)F)cc1[N+](=O)[O-]. The van der Waals surface area contributed by atoms with Crippen LogP contribution in [0.15, 0.2) is 48.5 Å². The predicted octanol–water partition coefficient (Wildman–Crippen LogP) is 8.39. The molecule has 6 nitrogen and oxygen atoms in total. The van der Waals surface area contributed by atoms with Gasteiger partial charge in [0.25, 0.3) is 0 Å². The molecule has 0 N–H and O–H groups in total. The number of rotatable bonds is 6. The summed E-state index contributed by atoms with van der Waals surface area (Å²) in [6, 6.07) is 11.8. The molecule has 0 aliphatic rings. The van der Waals surface area contributed by atoms with E-state index >= 15 is 0 Å². The van der Waals surface area contributed by atoms with Gasteiger partial charge in [0.05, 0.1) is 37.8 Å². The maximum absolute atomic E-state index is 13.0. The van der Waals surface area contributed by atoms with E-state index in [1.54, 1.807) is 24.3 Å². The zero-order valence-corrected chi connectivity index (χ0v) is 21.2. The van der Waals surface area contributed by atoms with Gasteiger partial charge in [0.2, 0.25) is 5.75 Å². The van der Waals surface area contributed by atoms with Gasteiger partial charge >= 0.3 is 11.9 Å².